The van der Waals surface area contributed by atoms with Gasteiger partial charge in [-0.2, -0.15) is 0 Å². The number of β-amino-alcohol motifs (C(OH)–C–C–N with tert-alkyl or cyclic N) is 1. The number of rotatable bonds is 1. The molecule has 1 aromatic carbocycles. The number of carbonyl (C=O) groups is 1. The van der Waals surface area contributed by atoms with Gasteiger partial charge in [-0.25, -0.2) is 0 Å². The molecule has 0 aliphatic carbocycles. The van der Waals surface area contributed by atoms with Crippen molar-refractivity contribution in [2.45, 2.75) is 31.9 Å². The number of aliphatic hydroxyl groups is 1. The Bertz CT molecular complexity index is 487. The molecule has 1 fully saturated rings. The van der Waals surface area contributed by atoms with Crippen molar-refractivity contribution in [1.29, 1.82) is 0 Å². The van der Waals surface area contributed by atoms with Crippen LogP contribution >= 0.6 is 0 Å². The van der Waals surface area contributed by atoms with E-state index in [0.717, 1.165) is 44.5 Å². The third-order valence-electron chi connectivity index (χ3n) is 4.05. The van der Waals surface area contributed by atoms with Crippen molar-refractivity contribution < 1.29 is 9.90 Å². The van der Waals surface area contributed by atoms with Gasteiger partial charge in [-0.15, -0.1) is 0 Å². The Labute approximate surface area is 113 Å². The van der Waals surface area contributed by atoms with Gasteiger partial charge in [0.2, 0.25) is 0 Å². The number of piperidine rings is 1. The van der Waals surface area contributed by atoms with E-state index in [-0.39, 0.29) is 12.0 Å². The first-order valence-electron chi connectivity index (χ1n) is 7.04. The molecule has 1 saturated heterocycles. The molecule has 4 nitrogen and oxygen atoms in total. The van der Waals surface area contributed by atoms with Crippen LogP contribution in [0.4, 0.5) is 0 Å². The van der Waals surface area contributed by atoms with E-state index in [1.165, 1.54) is 11.1 Å². The van der Waals surface area contributed by atoms with Gasteiger partial charge in [-0.1, -0.05) is 12.1 Å². The van der Waals surface area contributed by atoms with E-state index in [2.05, 4.69) is 11.4 Å². The summed E-state index contributed by atoms with van der Waals surface area (Å²) >= 11 is 0. The van der Waals surface area contributed by atoms with Crippen LogP contribution in [0.15, 0.2) is 18.2 Å². The first kappa shape index (κ1) is 12.6. The topological polar surface area (TPSA) is 52.6 Å². The van der Waals surface area contributed by atoms with Gasteiger partial charge in [0.25, 0.3) is 5.91 Å². The number of likely N-dealkylation sites (tertiary alicyclic amines) is 1. The Balaban J connectivity index is 1.87. The number of aliphatic hydroxyl groups excluding tert-OH is 1. The van der Waals surface area contributed by atoms with Gasteiger partial charge in [0.15, 0.2) is 0 Å². The first-order valence-corrected chi connectivity index (χ1v) is 7.04. The van der Waals surface area contributed by atoms with Crippen molar-refractivity contribution in [2.75, 3.05) is 19.6 Å². The summed E-state index contributed by atoms with van der Waals surface area (Å²) in [7, 11) is 0. The Morgan fingerprint density at radius 3 is 3.16 bits per heavy atom. The molecule has 19 heavy (non-hydrogen) atoms. The quantitative estimate of drug-likeness (QED) is 0.790. The second-order valence-corrected chi connectivity index (χ2v) is 5.42. The van der Waals surface area contributed by atoms with Crippen molar-refractivity contribution in [2.24, 2.45) is 0 Å². The second kappa shape index (κ2) is 5.31. The van der Waals surface area contributed by atoms with Gasteiger partial charge >= 0.3 is 0 Å². The molecule has 0 saturated carbocycles. The van der Waals surface area contributed by atoms with Crippen molar-refractivity contribution >= 4 is 5.91 Å². The third-order valence-corrected chi connectivity index (χ3v) is 4.05. The minimum atomic E-state index is -0.362. The van der Waals surface area contributed by atoms with E-state index in [0.29, 0.717) is 6.54 Å². The molecule has 4 heteroatoms. The molecule has 2 aliphatic heterocycles. The summed E-state index contributed by atoms with van der Waals surface area (Å²) in [4.78, 5) is 14.4. The number of hydrogen-bond donors (Lipinski definition) is 2. The molecule has 1 atom stereocenters. The maximum atomic E-state index is 12.6. The molecule has 2 heterocycles. The van der Waals surface area contributed by atoms with E-state index in [1.807, 2.05) is 12.1 Å². The summed E-state index contributed by atoms with van der Waals surface area (Å²) < 4.78 is 0. The molecule has 0 spiro atoms. The molecule has 0 aromatic heterocycles. The second-order valence-electron chi connectivity index (χ2n) is 5.42. The van der Waals surface area contributed by atoms with Crippen LogP contribution in [0.25, 0.3) is 0 Å². The summed E-state index contributed by atoms with van der Waals surface area (Å²) in [6, 6.07) is 5.97. The molecule has 2 aliphatic rings. The van der Waals surface area contributed by atoms with Crippen molar-refractivity contribution in [3.63, 3.8) is 0 Å². The predicted octanol–water partition coefficient (Wildman–Crippen LogP) is 0.929. The molecular formula is C15H20N2O2. The van der Waals surface area contributed by atoms with Crippen LogP contribution < -0.4 is 5.32 Å². The standard InChI is InChI=1S/C15H20N2O2/c18-12-4-2-8-17(10-12)15(19)14-5-1-3-11-9-16-7-6-13(11)14/h1,3,5,12,16,18H,2,4,6-10H2/t12-/m0/s1. The van der Waals surface area contributed by atoms with Gasteiger partial charge in [0, 0.05) is 25.2 Å². The summed E-state index contributed by atoms with van der Waals surface area (Å²) in [5, 5.41) is 13.0. The number of benzene rings is 1. The van der Waals surface area contributed by atoms with Gasteiger partial charge in [0.05, 0.1) is 6.10 Å². The van der Waals surface area contributed by atoms with Crippen LogP contribution in [-0.4, -0.2) is 41.7 Å². The Morgan fingerprint density at radius 2 is 2.32 bits per heavy atom. The lowest BCUT2D eigenvalue weighted by atomic mass is 9.94. The highest BCUT2D eigenvalue weighted by molar-refractivity contribution is 5.96. The number of nitrogens with one attached hydrogen (secondary N) is 1. The SMILES string of the molecule is O=C(c1cccc2c1CCNC2)N1CCC[C@H](O)C1. The third kappa shape index (κ3) is 2.51. The minimum absolute atomic E-state index is 0.0810. The fourth-order valence-electron chi connectivity index (χ4n) is 3.04. The highest BCUT2D eigenvalue weighted by atomic mass is 16.3. The van der Waals surface area contributed by atoms with Gasteiger partial charge in [-0.05, 0) is 43.0 Å². The summed E-state index contributed by atoms with van der Waals surface area (Å²) in [5.74, 6) is 0.0810. The Hall–Kier alpha value is -1.39. The summed E-state index contributed by atoms with van der Waals surface area (Å²) in [6.45, 7) is 3.01. The smallest absolute Gasteiger partial charge is 0.254 e. The molecule has 0 unspecified atom stereocenters. The maximum absolute atomic E-state index is 12.6. The number of nitrogens with zero attached hydrogens (tertiary/aromatic N) is 1. The Morgan fingerprint density at radius 1 is 1.42 bits per heavy atom. The lowest BCUT2D eigenvalue weighted by molar-refractivity contribution is 0.0472. The number of hydrogen-bond acceptors (Lipinski definition) is 3. The number of fused-ring (bicyclic) bond motifs is 1. The monoisotopic (exact) mass is 260 g/mol. The van der Waals surface area contributed by atoms with Crippen LogP contribution in [0, 0.1) is 0 Å². The van der Waals surface area contributed by atoms with E-state index in [1.54, 1.807) is 4.90 Å². The molecule has 0 radical (unpaired) electrons. The zero-order valence-corrected chi connectivity index (χ0v) is 11.1. The average molecular weight is 260 g/mol. The normalized spacial score (nSPS) is 23.0. The van der Waals surface area contributed by atoms with Gasteiger partial charge in [0.1, 0.15) is 0 Å². The molecule has 1 amide bonds. The van der Waals surface area contributed by atoms with E-state index < -0.39 is 0 Å². The van der Waals surface area contributed by atoms with Crippen LogP contribution in [0.1, 0.15) is 34.3 Å². The van der Waals surface area contributed by atoms with Crippen LogP contribution in [0.2, 0.25) is 0 Å². The molecule has 102 valence electrons. The molecule has 0 bridgehead atoms. The highest BCUT2D eigenvalue weighted by Crippen LogP contribution is 2.21. The molecular weight excluding hydrogens is 240 g/mol. The van der Waals surface area contributed by atoms with Crippen LogP contribution in [0.3, 0.4) is 0 Å². The summed E-state index contributed by atoms with van der Waals surface area (Å²) in [6.07, 6.45) is 2.25. The van der Waals surface area contributed by atoms with E-state index >= 15 is 0 Å². The fraction of sp³-hybridized carbons (Fsp3) is 0.533. The molecule has 3 rings (SSSR count). The van der Waals surface area contributed by atoms with Gasteiger partial charge in [-0.3, -0.25) is 4.79 Å². The lowest BCUT2D eigenvalue weighted by Crippen LogP contribution is -2.42. The fourth-order valence-corrected chi connectivity index (χ4v) is 3.04. The maximum Gasteiger partial charge on any atom is 0.254 e. The average Bonchev–Trinajstić information content (AvgIpc) is 2.46. The minimum Gasteiger partial charge on any atom is -0.391 e. The zero-order chi connectivity index (χ0) is 13.2. The zero-order valence-electron chi connectivity index (χ0n) is 11.1. The van der Waals surface area contributed by atoms with Crippen LogP contribution in [0.5, 0.6) is 0 Å². The number of amides is 1. The van der Waals surface area contributed by atoms with E-state index in [9.17, 15) is 9.90 Å². The molecule has 1 aromatic rings. The van der Waals surface area contributed by atoms with Crippen molar-refractivity contribution in [1.82, 2.24) is 10.2 Å². The largest absolute Gasteiger partial charge is 0.391 e. The Kier molecular flexibility index (Phi) is 3.53. The van der Waals surface area contributed by atoms with E-state index in [4.69, 9.17) is 0 Å². The predicted molar refractivity (Wildman–Crippen MR) is 73.0 cm³/mol. The van der Waals surface area contributed by atoms with Crippen LogP contribution in [-0.2, 0) is 13.0 Å². The summed E-state index contributed by atoms with van der Waals surface area (Å²) in [5.41, 5.74) is 3.24. The lowest BCUT2D eigenvalue weighted by Gasteiger charge is -2.31. The molecule has 2 N–H and O–H groups in total. The van der Waals surface area contributed by atoms with Crippen molar-refractivity contribution in [3.05, 3.63) is 34.9 Å². The van der Waals surface area contributed by atoms with Gasteiger partial charge < -0.3 is 15.3 Å². The van der Waals surface area contributed by atoms with Crippen molar-refractivity contribution in [3.8, 4) is 0 Å². The number of carbonyl (C=O) groups excluding carboxylic acids is 1. The highest BCUT2D eigenvalue weighted by Gasteiger charge is 2.25. The first-order chi connectivity index (χ1) is 9.25.